The molecule has 0 saturated heterocycles. The van der Waals surface area contributed by atoms with Gasteiger partial charge in [0.05, 0.1) is 12.8 Å². The number of hydrazone groups is 1. The van der Waals surface area contributed by atoms with Crippen molar-refractivity contribution in [1.82, 2.24) is 9.97 Å². The Morgan fingerprint density at radius 3 is 3.00 bits per heavy atom. The molecule has 2 aromatic rings. The maximum atomic E-state index is 11.3. The van der Waals surface area contributed by atoms with Crippen molar-refractivity contribution in [2.45, 2.75) is 13.8 Å². The van der Waals surface area contributed by atoms with Gasteiger partial charge in [-0.3, -0.25) is 9.78 Å². The summed E-state index contributed by atoms with van der Waals surface area (Å²) in [4.78, 5) is 18.0. The minimum absolute atomic E-state index is 0.224. The molecule has 0 atom stereocenters. The number of nitrogens with one attached hydrogen (secondary N) is 2. The number of aryl methyl sites for hydroxylation is 1. The fourth-order valence-electron chi connectivity index (χ4n) is 1.70. The summed E-state index contributed by atoms with van der Waals surface area (Å²) < 4.78 is 6.45. The molecule has 1 aromatic heterocycles. The standard InChI is InChI=1S/C14H15BrN4O2/c1-3-21-12-5-4-11(15)7-10(12)8-16-19-14-17-9(2)6-13(20)18-14/h4-8H,3H2,1-2H3,(H2,17,18,19,20)/b16-8+. The first-order valence-corrected chi connectivity index (χ1v) is 7.17. The molecular weight excluding hydrogens is 336 g/mol. The van der Waals surface area contributed by atoms with E-state index < -0.39 is 0 Å². The van der Waals surface area contributed by atoms with E-state index in [1.54, 1.807) is 13.1 Å². The highest BCUT2D eigenvalue weighted by Crippen LogP contribution is 2.21. The number of benzene rings is 1. The van der Waals surface area contributed by atoms with E-state index >= 15 is 0 Å². The molecule has 0 aliphatic rings. The van der Waals surface area contributed by atoms with Crippen LogP contribution in [-0.4, -0.2) is 22.8 Å². The van der Waals surface area contributed by atoms with Gasteiger partial charge in [-0.25, -0.2) is 10.4 Å². The van der Waals surface area contributed by atoms with Crippen LogP contribution in [0, 0.1) is 6.92 Å². The van der Waals surface area contributed by atoms with Gasteiger partial charge in [0, 0.05) is 21.8 Å². The van der Waals surface area contributed by atoms with Crippen LogP contribution in [0.15, 0.2) is 38.6 Å². The number of hydrogen-bond acceptors (Lipinski definition) is 5. The number of rotatable bonds is 5. The Balaban J connectivity index is 2.17. The van der Waals surface area contributed by atoms with Crippen LogP contribution in [-0.2, 0) is 0 Å². The van der Waals surface area contributed by atoms with Gasteiger partial charge in [0.1, 0.15) is 5.75 Å². The fraction of sp³-hybridized carbons (Fsp3) is 0.214. The average molecular weight is 351 g/mol. The fourth-order valence-corrected chi connectivity index (χ4v) is 2.08. The molecule has 7 heteroatoms. The molecule has 0 saturated carbocycles. The molecule has 21 heavy (non-hydrogen) atoms. The van der Waals surface area contributed by atoms with Crippen LogP contribution in [0.3, 0.4) is 0 Å². The van der Waals surface area contributed by atoms with Gasteiger partial charge < -0.3 is 4.74 Å². The molecule has 2 N–H and O–H groups in total. The van der Waals surface area contributed by atoms with E-state index in [0.29, 0.717) is 18.2 Å². The minimum Gasteiger partial charge on any atom is -0.493 e. The molecule has 0 aliphatic heterocycles. The first-order valence-electron chi connectivity index (χ1n) is 6.38. The highest BCUT2D eigenvalue weighted by molar-refractivity contribution is 9.10. The second kappa shape index (κ2) is 7.03. The predicted molar refractivity (Wildman–Crippen MR) is 86.1 cm³/mol. The lowest BCUT2D eigenvalue weighted by Crippen LogP contribution is -2.10. The number of aromatic amines is 1. The van der Waals surface area contributed by atoms with Gasteiger partial charge in [0.2, 0.25) is 5.95 Å². The Kier molecular flexibility index (Phi) is 5.10. The molecule has 1 aromatic carbocycles. The van der Waals surface area contributed by atoms with Crippen molar-refractivity contribution in [3.63, 3.8) is 0 Å². The summed E-state index contributed by atoms with van der Waals surface area (Å²) in [6, 6.07) is 7.07. The Morgan fingerprint density at radius 2 is 2.29 bits per heavy atom. The van der Waals surface area contributed by atoms with E-state index in [-0.39, 0.29) is 5.56 Å². The molecule has 0 unspecified atom stereocenters. The maximum absolute atomic E-state index is 11.3. The van der Waals surface area contributed by atoms with Crippen LogP contribution in [0.5, 0.6) is 5.75 Å². The zero-order chi connectivity index (χ0) is 15.2. The molecule has 1 heterocycles. The molecule has 0 aliphatic carbocycles. The van der Waals surface area contributed by atoms with Crippen LogP contribution in [0.25, 0.3) is 0 Å². The molecule has 110 valence electrons. The normalized spacial score (nSPS) is 10.8. The van der Waals surface area contributed by atoms with Gasteiger partial charge >= 0.3 is 0 Å². The summed E-state index contributed by atoms with van der Waals surface area (Å²) in [5.74, 6) is 1.03. The summed E-state index contributed by atoms with van der Waals surface area (Å²) in [7, 11) is 0. The highest BCUT2D eigenvalue weighted by atomic mass is 79.9. The van der Waals surface area contributed by atoms with Crippen LogP contribution < -0.4 is 15.7 Å². The number of halogens is 1. The first kappa shape index (κ1) is 15.2. The lowest BCUT2D eigenvalue weighted by molar-refractivity contribution is 0.339. The molecule has 0 fully saturated rings. The monoisotopic (exact) mass is 350 g/mol. The van der Waals surface area contributed by atoms with Crippen LogP contribution in [0.2, 0.25) is 0 Å². The molecule has 0 amide bonds. The molecule has 0 spiro atoms. The zero-order valence-electron chi connectivity index (χ0n) is 11.7. The summed E-state index contributed by atoms with van der Waals surface area (Å²) in [6.07, 6.45) is 1.61. The van der Waals surface area contributed by atoms with Gasteiger partial charge in [-0.2, -0.15) is 5.10 Å². The van der Waals surface area contributed by atoms with E-state index in [0.717, 1.165) is 15.8 Å². The Morgan fingerprint density at radius 1 is 1.48 bits per heavy atom. The highest BCUT2D eigenvalue weighted by Gasteiger charge is 2.02. The predicted octanol–water partition coefficient (Wildman–Crippen LogP) is 2.69. The zero-order valence-corrected chi connectivity index (χ0v) is 13.3. The number of hydrogen-bond donors (Lipinski definition) is 2. The van der Waals surface area contributed by atoms with E-state index in [9.17, 15) is 4.79 Å². The van der Waals surface area contributed by atoms with Gasteiger partial charge in [0.15, 0.2) is 0 Å². The van der Waals surface area contributed by atoms with Crippen molar-refractivity contribution in [2.75, 3.05) is 12.0 Å². The first-order chi connectivity index (χ1) is 10.1. The average Bonchev–Trinajstić information content (AvgIpc) is 2.41. The van der Waals surface area contributed by atoms with Crippen LogP contribution >= 0.6 is 15.9 Å². The van der Waals surface area contributed by atoms with Crippen molar-refractivity contribution in [3.05, 3.63) is 50.3 Å². The number of H-pyrrole nitrogens is 1. The largest absolute Gasteiger partial charge is 0.493 e. The van der Waals surface area contributed by atoms with E-state index in [2.05, 4.69) is 36.4 Å². The number of ether oxygens (including phenoxy) is 1. The second-order valence-electron chi connectivity index (χ2n) is 4.22. The third-order valence-electron chi connectivity index (χ3n) is 2.52. The topological polar surface area (TPSA) is 79.4 Å². The molecule has 0 bridgehead atoms. The summed E-state index contributed by atoms with van der Waals surface area (Å²) >= 11 is 3.41. The lowest BCUT2D eigenvalue weighted by atomic mass is 10.2. The summed E-state index contributed by atoms with van der Waals surface area (Å²) in [5, 5.41) is 4.07. The summed E-state index contributed by atoms with van der Waals surface area (Å²) in [5.41, 5.74) is 3.90. The Hall–Kier alpha value is -2.15. The lowest BCUT2D eigenvalue weighted by Gasteiger charge is -2.07. The molecule has 2 rings (SSSR count). The Bertz CT molecular complexity index is 712. The van der Waals surface area contributed by atoms with Crippen molar-refractivity contribution < 1.29 is 4.74 Å². The van der Waals surface area contributed by atoms with E-state index in [1.807, 2.05) is 25.1 Å². The van der Waals surface area contributed by atoms with Gasteiger partial charge in [-0.1, -0.05) is 15.9 Å². The Labute approximate surface area is 130 Å². The number of aromatic nitrogens is 2. The SMILES string of the molecule is CCOc1ccc(Br)cc1/C=N/Nc1nc(C)cc(=O)[nH]1. The van der Waals surface area contributed by atoms with Crippen molar-refractivity contribution in [3.8, 4) is 5.75 Å². The number of nitrogens with zero attached hydrogens (tertiary/aromatic N) is 2. The van der Waals surface area contributed by atoms with Gasteiger partial charge in [0.25, 0.3) is 5.56 Å². The van der Waals surface area contributed by atoms with E-state index in [1.165, 1.54) is 6.07 Å². The molecular formula is C14H15BrN4O2. The smallest absolute Gasteiger partial charge is 0.252 e. The van der Waals surface area contributed by atoms with Gasteiger partial charge in [-0.05, 0) is 32.0 Å². The van der Waals surface area contributed by atoms with Crippen molar-refractivity contribution in [2.24, 2.45) is 5.10 Å². The van der Waals surface area contributed by atoms with E-state index in [4.69, 9.17) is 4.74 Å². The molecule has 6 nitrogen and oxygen atoms in total. The van der Waals surface area contributed by atoms with Crippen LogP contribution in [0.4, 0.5) is 5.95 Å². The third-order valence-corrected chi connectivity index (χ3v) is 3.01. The van der Waals surface area contributed by atoms with Gasteiger partial charge in [-0.15, -0.1) is 0 Å². The summed E-state index contributed by atoms with van der Waals surface area (Å²) in [6.45, 7) is 4.23. The third kappa shape index (κ3) is 4.42. The quantitative estimate of drug-likeness (QED) is 0.641. The van der Waals surface area contributed by atoms with Crippen molar-refractivity contribution in [1.29, 1.82) is 0 Å². The minimum atomic E-state index is -0.224. The van der Waals surface area contributed by atoms with Crippen molar-refractivity contribution >= 4 is 28.1 Å². The molecule has 0 radical (unpaired) electrons. The number of anilines is 1. The second-order valence-corrected chi connectivity index (χ2v) is 5.14. The van der Waals surface area contributed by atoms with Crippen LogP contribution in [0.1, 0.15) is 18.2 Å². The maximum Gasteiger partial charge on any atom is 0.252 e.